The highest BCUT2D eigenvalue weighted by Gasteiger charge is 2.24. The molecule has 142 valence electrons. The van der Waals surface area contributed by atoms with Gasteiger partial charge in [0, 0.05) is 12.7 Å². The Hall–Kier alpha value is -2.96. The van der Waals surface area contributed by atoms with Crippen molar-refractivity contribution in [3.05, 3.63) is 46.4 Å². The van der Waals surface area contributed by atoms with Gasteiger partial charge in [-0.15, -0.1) is 0 Å². The van der Waals surface area contributed by atoms with Gasteiger partial charge in [-0.2, -0.15) is 0 Å². The number of nitrogens with two attached hydrogens (primary N) is 1. The molecular formula is C20H26N5O2+. The van der Waals surface area contributed by atoms with Crippen molar-refractivity contribution < 1.29 is 9.36 Å². The van der Waals surface area contributed by atoms with Gasteiger partial charge in [0.25, 0.3) is 17.1 Å². The summed E-state index contributed by atoms with van der Waals surface area (Å²) >= 11 is 0. The molecule has 0 aliphatic carbocycles. The van der Waals surface area contributed by atoms with Gasteiger partial charge in [0.15, 0.2) is 0 Å². The Bertz CT molecular complexity index is 1060. The number of anilines is 1. The Labute approximate surface area is 157 Å². The van der Waals surface area contributed by atoms with Gasteiger partial charge in [-0.1, -0.05) is 38.2 Å². The molecule has 0 saturated carbocycles. The average Bonchev–Trinajstić information content (AvgIpc) is 2.65. The number of fused-ring (bicyclic) bond motifs is 2. The minimum atomic E-state index is -0.272. The number of pyridine rings is 2. The third kappa shape index (κ3) is 3.63. The minimum absolute atomic E-state index is 0.209. The van der Waals surface area contributed by atoms with Crippen molar-refractivity contribution in [2.45, 2.75) is 40.2 Å². The Morgan fingerprint density at radius 3 is 2.85 bits per heavy atom. The standard InChI is InChI=1S/C20H25N5O2/c1-4-5-9-25-17(21)14(19(26)22-12-13(2)3)11-15-18(25)23-16-8-6-7-10-24(16)20(15)27/h6-8,10-11,13,21H,4-5,9,12H2,1-3H3,(H,22,26)/p+1. The maximum atomic E-state index is 13.0. The summed E-state index contributed by atoms with van der Waals surface area (Å²) in [5.74, 6) is 0.384. The SMILES string of the molecule is CCCC[n+]1c(N)c(C(=O)NCC(C)C)cc2c(=O)n3ccccc3nc21. The van der Waals surface area contributed by atoms with Crippen molar-refractivity contribution in [1.82, 2.24) is 14.7 Å². The van der Waals surface area contributed by atoms with Crippen LogP contribution in [-0.4, -0.2) is 21.8 Å². The van der Waals surface area contributed by atoms with Crippen LogP contribution in [-0.2, 0) is 6.54 Å². The Morgan fingerprint density at radius 2 is 2.15 bits per heavy atom. The molecule has 0 atom stereocenters. The molecule has 0 spiro atoms. The highest BCUT2D eigenvalue weighted by Crippen LogP contribution is 2.15. The lowest BCUT2D eigenvalue weighted by atomic mass is 10.1. The molecule has 0 saturated heterocycles. The Morgan fingerprint density at radius 1 is 1.37 bits per heavy atom. The third-order valence-corrected chi connectivity index (χ3v) is 4.51. The quantitative estimate of drug-likeness (QED) is 0.513. The van der Waals surface area contributed by atoms with E-state index in [2.05, 4.69) is 17.2 Å². The van der Waals surface area contributed by atoms with Crippen molar-refractivity contribution in [2.75, 3.05) is 12.3 Å². The monoisotopic (exact) mass is 368 g/mol. The first kappa shape index (κ1) is 18.8. The Kier molecular flexibility index (Phi) is 5.39. The second kappa shape index (κ2) is 7.73. The molecule has 0 aliphatic heterocycles. The fraction of sp³-hybridized carbons (Fsp3) is 0.400. The molecule has 3 aromatic heterocycles. The molecule has 3 rings (SSSR count). The van der Waals surface area contributed by atoms with Crippen LogP contribution < -0.4 is 21.2 Å². The average molecular weight is 368 g/mol. The van der Waals surface area contributed by atoms with E-state index in [1.807, 2.05) is 19.9 Å². The summed E-state index contributed by atoms with van der Waals surface area (Å²) in [6.07, 6.45) is 3.51. The molecule has 0 aliphatic rings. The smallest absolute Gasteiger partial charge is 0.278 e. The van der Waals surface area contributed by atoms with E-state index < -0.39 is 0 Å². The maximum absolute atomic E-state index is 13.0. The molecule has 1 amide bonds. The van der Waals surface area contributed by atoms with Crippen molar-refractivity contribution in [3.63, 3.8) is 0 Å². The number of aromatic nitrogens is 3. The first-order chi connectivity index (χ1) is 12.9. The summed E-state index contributed by atoms with van der Waals surface area (Å²) in [7, 11) is 0. The predicted octanol–water partition coefficient (Wildman–Crippen LogP) is 1.90. The van der Waals surface area contributed by atoms with Gasteiger partial charge in [-0.25, -0.2) is 4.57 Å². The van der Waals surface area contributed by atoms with Crippen LogP contribution in [0.4, 0.5) is 5.82 Å². The number of unbranched alkanes of at least 4 members (excludes halogenated alkanes) is 1. The first-order valence-electron chi connectivity index (χ1n) is 9.35. The van der Waals surface area contributed by atoms with Gasteiger partial charge in [0.2, 0.25) is 11.5 Å². The summed E-state index contributed by atoms with van der Waals surface area (Å²) < 4.78 is 3.27. The van der Waals surface area contributed by atoms with Crippen molar-refractivity contribution >= 4 is 28.4 Å². The van der Waals surface area contributed by atoms with Crippen LogP contribution in [0.15, 0.2) is 35.3 Å². The van der Waals surface area contributed by atoms with E-state index in [0.29, 0.717) is 47.1 Å². The van der Waals surface area contributed by atoms with Crippen LogP contribution >= 0.6 is 0 Å². The molecule has 0 radical (unpaired) electrons. The van der Waals surface area contributed by atoms with Crippen LogP contribution in [0.25, 0.3) is 16.7 Å². The van der Waals surface area contributed by atoms with Crippen molar-refractivity contribution in [2.24, 2.45) is 5.92 Å². The molecule has 3 heterocycles. The lowest BCUT2D eigenvalue weighted by Crippen LogP contribution is -2.43. The van der Waals surface area contributed by atoms with Crippen LogP contribution in [0.3, 0.4) is 0 Å². The van der Waals surface area contributed by atoms with E-state index in [0.717, 1.165) is 12.8 Å². The molecule has 7 nitrogen and oxygen atoms in total. The minimum Gasteiger partial charge on any atom is -0.352 e. The van der Waals surface area contributed by atoms with Crippen LogP contribution in [0.5, 0.6) is 0 Å². The fourth-order valence-electron chi connectivity index (χ4n) is 3.02. The van der Waals surface area contributed by atoms with E-state index in [4.69, 9.17) is 5.73 Å². The number of aryl methyl sites for hydroxylation is 1. The molecule has 7 heteroatoms. The number of carbonyl (C=O) groups excluding carboxylic acids is 1. The van der Waals surface area contributed by atoms with Gasteiger partial charge in [-0.05, 0) is 30.5 Å². The first-order valence-corrected chi connectivity index (χ1v) is 9.35. The van der Waals surface area contributed by atoms with Gasteiger partial charge in [0.1, 0.15) is 10.9 Å². The highest BCUT2D eigenvalue weighted by atomic mass is 16.1. The Balaban J connectivity index is 2.27. The summed E-state index contributed by atoms with van der Waals surface area (Å²) in [6.45, 7) is 7.26. The van der Waals surface area contributed by atoms with Gasteiger partial charge in [-0.3, -0.25) is 14.0 Å². The van der Waals surface area contributed by atoms with Crippen LogP contribution in [0.2, 0.25) is 0 Å². The second-order valence-electron chi connectivity index (χ2n) is 7.14. The van der Waals surface area contributed by atoms with Crippen LogP contribution in [0, 0.1) is 5.92 Å². The fourth-order valence-corrected chi connectivity index (χ4v) is 3.02. The van der Waals surface area contributed by atoms with E-state index in [-0.39, 0.29) is 11.5 Å². The summed E-state index contributed by atoms with van der Waals surface area (Å²) in [5.41, 5.74) is 7.51. The highest BCUT2D eigenvalue weighted by molar-refractivity contribution is 6.00. The maximum Gasteiger partial charge on any atom is 0.278 e. The van der Waals surface area contributed by atoms with Gasteiger partial charge in [0.05, 0.1) is 6.54 Å². The van der Waals surface area contributed by atoms with E-state index in [1.165, 1.54) is 4.40 Å². The number of hydrogen-bond acceptors (Lipinski definition) is 4. The predicted molar refractivity (Wildman–Crippen MR) is 106 cm³/mol. The van der Waals surface area contributed by atoms with Crippen LogP contribution in [0.1, 0.15) is 44.0 Å². The number of nitrogens with one attached hydrogen (secondary N) is 1. The number of nitrogens with zero attached hydrogens (tertiary/aromatic N) is 3. The van der Waals surface area contributed by atoms with Crippen molar-refractivity contribution in [3.8, 4) is 0 Å². The topological polar surface area (TPSA) is 93.4 Å². The van der Waals surface area contributed by atoms with E-state index in [9.17, 15) is 9.59 Å². The lowest BCUT2D eigenvalue weighted by molar-refractivity contribution is -0.659. The van der Waals surface area contributed by atoms with E-state index >= 15 is 0 Å². The molecule has 0 unspecified atom stereocenters. The summed E-state index contributed by atoms with van der Waals surface area (Å²) in [5, 5.41) is 3.27. The largest absolute Gasteiger partial charge is 0.352 e. The number of carbonyl (C=O) groups is 1. The number of hydrogen-bond donors (Lipinski definition) is 2. The van der Waals surface area contributed by atoms with Gasteiger partial charge < -0.3 is 11.1 Å². The molecule has 0 fully saturated rings. The zero-order valence-electron chi connectivity index (χ0n) is 16.0. The lowest BCUT2D eigenvalue weighted by Gasteiger charge is -2.13. The van der Waals surface area contributed by atoms with Gasteiger partial charge >= 0.3 is 0 Å². The second-order valence-corrected chi connectivity index (χ2v) is 7.14. The molecular weight excluding hydrogens is 342 g/mol. The molecule has 0 aromatic carbocycles. The molecule has 3 aromatic rings. The molecule has 3 N–H and O–H groups in total. The zero-order chi connectivity index (χ0) is 19.6. The zero-order valence-corrected chi connectivity index (χ0v) is 16.0. The molecule has 27 heavy (non-hydrogen) atoms. The third-order valence-electron chi connectivity index (χ3n) is 4.51. The number of nitrogen functional groups attached to an aromatic ring is 1. The number of rotatable bonds is 6. The summed E-state index contributed by atoms with van der Waals surface area (Å²) in [4.78, 5) is 30.3. The number of amides is 1. The summed E-state index contributed by atoms with van der Waals surface area (Å²) in [6, 6.07) is 6.96. The normalized spacial score (nSPS) is 11.4. The van der Waals surface area contributed by atoms with Crippen molar-refractivity contribution in [1.29, 1.82) is 0 Å². The molecule has 0 bridgehead atoms. The van der Waals surface area contributed by atoms with E-state index in [1.54, 1.807) is 29.0 Å².